The molecule has 0 heterocycles. The highest BCUT2D eigenvalue weighted by Gasteiger charge is 2.19. The van der Waals surface area contributed by atoms with Gasteiger partial charge in [-0.3, -0.25) is 0 Å². The lowest BCUT2D eigenvalue weighted by Gasteiger charge is -2.26. The fourth-order valence-corrected chi connectivity index (χ4v) is 4.03. The molecule has 178 valence electrons. The van der Waals surface area contributed by atoms with Gasteiger partial charge in [-0.2, -0.15) is 0 Å². The number of nitrogens with one attached hydrogen (secondary N) is 2. The lowest BCUT2D eigenvalue weighted by molar-refractivity contribution is 0.296. The van der Waals surface area contributed by atoms with Gasteiger partial charge in [-0.25, -0.2) is 0 Å². The number of allylic oxidation sites excluding steroid dienone is 2. The highest BCUT2D eigenvalue weighted by atomic mass is 14.9. The summed E-state index contributed by atoms with van der Waals surface area (Å²) in [5.74, 6) is 1.01. The Bertz CT molecular complexity index is 1110. The van der Waals surface area contributed by atoms with Crippen LogP contribution in [0.3, 0.4) is 0 Å². The predicted octanol–water partition coefficient (Wildman–Crippen LogP) is 9.86. The maximum Gasteiger partial charge on any atom is 0.0414 e. The van der Waals surface area contributed by atoms with Crippen molar-refractivity contribution in [3.05, 3.63) is 102 Å². The zero-order valence-electron chi connectivity index (χ0n) is 21.7. The molecule has 0 aliphatic rings. The van der Waals surface area contributed by atoms with E-state index in [0.29, 0.717) is 11.8 Å². The van der Waals surface area contributed by atoms with Crippen molar-refractivity contribution in [3.8, 4) is 0 Å². The molecule has 3 rings (SSSR count). The van der Waals surface area contributed by atoms with Crippen molar-refractivity contribution in [2.24, 2.45) is 11.3 Å². The number of aryl methyl sites for hydroxylation is 1. The molecule has 2 heteroatoms. The van der Waals surface area contributed by atoms with Gasteiger partial charge in [0, 0.05) is 22.7 Å². The molecule has 34 heavy (non-hydrogen) atoms. The van der Waals surface area contributed by atoms with Crippen molar-refractivity contribution in [2.45, 2.75) is 53.9 Å². The van der Waals surface area contributed by atoms with Crippen LogP contribution in [-0.4, -0.2) is 0 Å². The smallest absolute Gasteiger partial charge is 0.0414 e. The van der Waals surface area contributed by atoms with E-state index in [0.717, 1.165) is 29.2 Å². The highest BCUT2D eigenvalue weighted by molar-refractivity contribution is 5.70. The molecule has 0 fully saturated rings. The van der Waals surface area contributed by atoms with E-state index >= 15 is 0 Å². The van der Waals surface area contributed by atoms with Gasteiger partial charge in [-0.15, -0.1) is 6.58 Å². The van der Waals surface area contributed by atoms with Crippen LogP contribution in [0.4, 0.5) is 22.7 Å². The largest absolute Gasteiger partial charge is 0.355 e. The van der Waals surface area contributed by atoms with Crippen LogP contribution in [0, 0.1) is 18.3 Å². The molecule has 1 atom stereocenters. The molecule has 0 radical (unpaired) electrons. The van der Waals surface area contributed by atoms with Crippen LogP contribution in [-0.2, 0) is 0 Å². The number of benzene rings is 3. The maximum atomic E-state index is 4.01. The first kappa shape index (κ1) is 25.4. The van der Waals surface area contributed by atoms with Crippen LogP contribution in [0.1, 0.15) is 63.6 Å². The minimum Gasteiger partial charge on any atom is -0.355 e. The number of hydrogen-bond acceptors (Lipinski definition) is 2. The molecule has 0 saturated heterocycles. The molecule has 0 aliphatic heterocycles. The summed E-state index contributed by atoms with van der Waals surface area (Å²) in [6.07, 6.45) is 7.56. The zero-order valence-corrected chi connectivity index (χ0v) is 21.7. The lowest BCUT2D eigenvalue weighted by Crippen LogP contribution is -2.17. The Morgan fingerprint density at radius 1 is 0.853 bits per heavy atom. The summed E-state index contributed by atoms with van der Waals surface area (Å²) in [5, 5.41) is 7.09. The van der Waals surface area contributed by atoms with E-state index in [2.05, 4.69) is 144 Å². The summed E-state index contributed by atoms with van der Waals surface area (Å²) in [6.45, 7) is 17.4. The van der Waals surface area contributed by atoms with Gasteiger partial charge in [0.25, 0.3) is 0 Å². The minimum atomic E-state index is 0.233. The summed E-state index contributed by atoms with van der Waals surface area (Å²) < 4.78 is 0. The minimum absolute atomic E-state index is 0.233. The second-order valence-corrected chi connectivity index (χ2v) is 10.5. The third-order valence-corrected chi connectivity index (χ3v) is 6.36. The van der Waals surface area contributed by atoms with Gasteiger partial charge in [0.05, 0.1) is 0 Å². The lowest BCUT2D eigenvalue weighted by atomic mass is 9.79. The van der Waals surface area contributed by atoms with Gasteiger partial charge in [-0.1, -0.05) is 77.1 Å². The van der Waals surface area contributed by atoms with Crippen LogP contribution >= 0.6 is 0 Å². The first-order valence-corrected chi connectivity index (χ1v) is 12.3. The Kier molecular flexibility index (Phi) is 8.39. The second kappa shape index (κ2) is 11.2. The maximum absolute atomic E-state index is 4.01. The fourth-order valence-electron chi connectivity index (χ4n) is 4.03. The van der Waals surface area contributed by atoms with Crippen molar-refractivity contribution in [3.63, 3.8) is 0 Å². The molecule has 3 aromatic carbocycles. The molecule has 0 bridgehead atoms. The Balaban J connectivity index is 1.65. The summed E-state index contributed by atoms with van der Waals surface area (Å²) >= 11 is 0. The van der Waals surface area contributed by atoms with E-state index in [4.69, 9.17) is 0 Å². The molecule has 1 unspecified atom stereocenters. The number of anilines is 4. The van der Waals surface area contributed by atoms with Crippen molar-refractivity contribution in [2.75, 3.05) is 10.6 Å². The van der Waals surface area contributed by atoms with Crippen molar-refractivity contribution >= 4 is 28.8 Å². The molecule has 0 saturated carbocycles. The van der Waals surface area contributed by atoms with Gasteiger partial charge in [0.2, 0.25) is 0 Å². The molecular formula is C32H40N2. The van der Waals surface area contributed by atoms with Crippen LogP contribution in [0.2, 0.25) is 0 Å². The molecule has 2 N–H and O–H groups in total. The standard InChI is InChI=1S/C32H40N2/c1-8-27(32(5,6)7)12-9-11-25-15-20-31(24(4)21-25)34-30-14-10-13-29(22-30)33-28-18-16-26(17-19-28)23(2)3/h8-11,13-23,27,33-34H,1,12H2,2-7H3/b11-9+. The van der Waals surface area contributed by atoms with Crippen molar-refractivity contribution in [1.29, 1.82) is 0 Å². The Morgan fingerprint density at radius 2 is 1.53 bits per heavy atom. The average Bonchev–Trinajstić information content (AvgIpc) is 2.78. The third-order valence-electron chi connectivity index (χ3n) is 6.36. The van der Waals surface area contributed by atoms with Gasteiger partial charge >= 0.3 is 0 Å². The Hall–Kier alpha value is -3.26. The van der Waals surface area contributed by atoms with Gasteiger partial charge in [-0.05, 0) is 89.8 Å². The summed E-state index contributed by atoms with van der Waals surface area (Å²) in [6, 6.07) is 23.6. The number of rotatable bonds is 9. The van der Waals surface area contributed by atoms with Gasteiger partial charge < -0.3 is 10.6 Å². The topological polar surface area (TPSA) is 24.1 Å². The van der Waals surface area contributed by atoms with E-state index in [9.17, 15) is 0 Å². The summed E-state index contributed by atoms with van der Waals surface area (Å²) in [7, 11) is 0. The zero-order chi connectivity index (χ0) is 24.7. The first-order valence-electron chi connectivity index (χ1n) is 12.3. The van der Waals surface area contributed by atoms with Crippen molar-refractivity contribution in [1.82, 2.24) is 0 Å². The second-order valence-electron chi connectivity index (χ2n) is 10.5. The summed E-state index contributed by atoms with van der Waals surface area (Å²) in [4.78, 5) is 0. The molecular weight excluding hydrogens is 412 g/mol. The van der Waals surface area contributed by atoms with Gasteiger partial charge in [0.15, 0.2) is 0 Å². The monoisotopic (exact) mass is 452 g/mol. The quantitative estimate of drug-likeness (QED) is 0.316. The van der Waals surface area contributed by atoms with Crippen LogP contribution in [0.15, 0.2) is 85.5 Å². The Labute approximate surface area is 206 Å². The van der Waals surface area contributed by atoms with E-state index < -0.39 is 0 Å². The SMILES string of the molecule is C=CC(C/C=C/c1ccc(Nc2cccc(Nc3ccc(C(C)C)cc3)c2)c(C)c1)C(C)(C)C. The normalized spacial score (nSPS) is 12.7. The van der Waals surface area contributed by atoms with E-state index in [1.807, 2.05) is 0 Å². The van der Waals surface area contributed by atoms with Gasteiger partial charge in [0.1, 0.15) is 0 Å². The van der Waals surface area contributed by atoms with Crippen molar-refractivity contribution < 1.29 is 0 Å². The Morgan fingerprint density at radius 3 is 2.12 bits per heavy atom. The van der Waals surface area contributed by atoms with Crippen LogP contribution in [0.25, 0.3) is 6.08 Å². The average molecular weight is 453 g/mol. The van der Waals surface area contributed by atoms with Crippen LogP contribution in [0.5, 0.6) is 0 Å². The molecule has 0 spiro atoms. The van der Waals surface area contributed by atoms with E-state index in [1.165, 1.54) is 16.7 Å². The first-order chi connectivity index (χ1) is 16.2. The van der Waals surface area contributed by atoms with E-state index in [1.54, 1.807) is 0 Å². The predicted molar refractivity (Wildman–Crippen MR) is 152 cm³/mol. The molecule has 2 nitrogen and oxygen atoms in total. The molecule has 0 aromatic heterocycles. The summed E-state index contributed by atoms with van der Waals surface area (Å²) in [5.41, 5.74) is 8.37. The van der Waals surface area contributed by atoms with E-state index in [-0.39, 0.29) is 5.41 Å². The highest BCUT2D eigenvalue weighted by Crippen LogP contribution is 2.30. The molecule has 3 aromatic rings. The molecule has 0 aliphatic carbocycles. The number of hydrogen-bond donors (Lipinski definition) is 2. The fraction of sp³-hybridized carbons (Fsp3) is 0.312. The third kappa shape index (κ3) is 7.12. The van der Waals surface area contributed by atoms with Crippen LogP contribution < -0.4 is 10.6 Å². The molecule has 0 amide bonds.